The van der Waals surface area contributed by atoms with Crippen LogP contribution in [0.15, 0.2) is 24.3 Å². The van der Waals surface area contributed by atoms with Gasteiger partial charge >= 0.3 is 0 Å². The second-order valence-electron chi connectivity index (χ2n) is 4.97. The van der Waals surface area contributed by atoms with E-state index >= 15 is 0 Å². The van der Waals surface area contributed by atoms with Gasteiger partial charge in [0.1, 0.15) is 0 Å². The third kappa shape index (κ3) is 2.28. The molecule has 2 N–H and O–H groups in total. The molecule has 0 spiro atoms. The lowest BCUT2D eigenvalue weighted by atomic mass is 9.78. The Morgan fingerprint density at radius 3 is 2.88 bits per heavy atom. The molecule has 0 saturated heterocycles. The molecule has 0 saturated carbocycles. The second kappa shape index (κ2) is 4.98. The first-order chi connectivity index (χ1) is 7.72. The predicted octanol–water partition coefficient (Wildman–Crippen LogP) is 2.30. The average molecular weight is 220 g/mol. The van der Waals surface area contributed by atoms with Gasteiger partial charge in [-0.05, 0) is 42.2 Å². The summed E-state index contributed by atoms with van der Waals surface area (Å²) < 4.78 is 0. The summed E-state index contributed by atoms with van der Waals surface area (Å²) in [6.45, 7) is 2.25. The fourth-order valence-corrected chi connectivity index (χ4v) is 2.64. The maximum Gasteiger partial charge on any atom is 0.0821 e. The molecule has 16 heavy (non-hydrogen) atoms. The first-order valence-electron chi connectivity index (χ1n) is 6.09. The van der Waals surface area contributed by atoms with E-state index in [2.05, 4.69) is 6.07 Å². The van der Waals surface area contributed by atoms with E-state index in [9.17, 15) is 5.11 Å². The van der Waals surface area contributed by atoms with Gasteiger partial charge in [-0.15, -0.1) is 0 Å². The Balaban J connectivity index is 2.12. The molecule has 1 aliphatic carbocycles. The number of aliphatic hydroxyl groups excluding tert-OH is 2. The van der Waals surface area contributed by atoms with Gasteiger partial charge in [-0.1, -0.05) is 31.2 Å². The van der Waals surface area contributed by atoms with Gasteiger partial charge in [0.25, 0.3) is 0 Å². The van der Waals surface area contributed by atoms with Crippen LogP contribution in [0.1, 0.15) is 37.0 Å². The van der Waals surface area contributed by atoms with Crippen LogP contribution >= 0.6 is 0 Å². The number of aliphatic hydroxyl groups is 2. The normalized spacial score (nSPS) is 26.2. The average Bonchev–Trinajstić information content (AvgIpc) is 2.33. The highest BCUT2D eigenvalue weighted by Gasteiger charge is 2.28. The number of rotatable bonds is 3. The molecule has 0 bridgehead atoms. The zero-order valence-corrected chi connectivity index (χ0v) is 9.76. The molecule has 2 rings (SSSR count). The molecule has 1 aliphatic rings. The van der Waals surface area contributed by atoms with Gasteiger partial charge in [-0.25, -0.2) is 0 Å². The zero-order valence-electron chi connectivity index (χ0n) is 9.76. The smallest absolute Gasteiger partial charge is 0.0821 e. The standard InChI is InChI=1S/C14H20O2/c1-10(9-15)8-12-7-6-11-4-2-3-5-13(11)14(12)16/h2-5,10,12,14-16H,6-9H2,1H3. The van der Waals surface area contributed by atoms with E-state index in [0.717, 1.165) is 24.8 Å². The summed E-state index contributed by atoms with van der Waals surface area (Å²) in [5, 5.41) is 19.3. The van der Waals surface area contributed by atoms with E-state index in [4.69, 9.17) is 5.11 Å². The van der Waals surface area contributed by atoms with Gasteiger partial charge in [0, 0.05) is 6.61 Å². The van der Waals surface area contributed by atoms with Crippen molar-refractivity contribution in [2.45, 2.75) is 32.3 Å². The summed E-state index contributed by atoms with van der Waals surface area (Å²) >= 11 is 0. The van der Waals surface area contributed by atoms with Crippen LogP contribution in [0.2, 0.25) is 0 Å². The highest BCUT2D eigenvalue weighted by atomic mass is 16.3. The first kappa shape index (κ1) is 11.6. The van der Waals surface area contributed by atoms with E-state index in [1.54, 1.807) is 0 Å². The van der Waals surface area contributed by atoms with Crippen LogP contribution in [0.3, 0.4) is 0 Å². The Hall–Kier alpha value is -0.860. The van der Waals surface area contributed by atoms with Crippen molar-refractivity contribution in [3.8, 4) is 0 Å². The number of hydrogen-bond donors (Lipinski definition) is 2. The van der Waals surface area contributed by atoms with Crippen LogP contribution in [-0.2, 0) is 6.42 Å². The fourth-order valence-electron chi connectivity index (χ4n) is 2.64. The van der Waals surface area contributed by atoms with E-state index in [1.807, 2.05) is 25.1 Å². The molecule has 0 aromatic heterocycles. The summed E-state index contributed by atoms with van der Waals surface area (Å²) in [4.78, 5) is 0. The Kier molecular flexibility index (Phi) is 3.62. The van der Waals surface area contributed by atoms with Gasteiger partial charge in [-0.3, -0.25) is 0 Å². The summed E-state index contributed by atoms with van der Waals surface area (Å²) in [7, 11) is 0. The van der Waals surface area contributed by atoms with Gasteiger partial charge in [0.05, 0.1) is 6.10 Å². The van der Waals surface area contributed by atoms with Gasteiger partial charge < -0.3 is 10.2 Å². The maximum atomic E-state index is 10.3. The molecule has 0 radical (unpaired) electrons. The van der Waals surface area contributed by atoms with Crippen LogP contribution in [0, 0.1) is 11.8 Å². The Bertz CT molecular complexity index is 348. The Morgan fingerprint density at radius 2 is 2.12 bits per heavy atom. The summed E-state index contributed by atoms with van der Waals surface area (Å²) in [6, 6.07) is 8.14. The van der Waals surface area contributed by atoms with Crippen LogP contribution < -0.4 is 0 Å². The fraction of sp³-hybridized carbons (Fsp3) is 0.571. The van der Waals surface area contributed by atoms with Crippen molar-refractivity contribution in [1.82, 2.24) is 0 Å². The van der Waals surface area contributed by atoms with Crippen molar-refractivity contribution in [3.05, 3.63) is 35.4 Å². The molecule has 0 amide bonds. The molecular formula is C14H20O2. The quantitative estimate of drug-likeness (QED) is 0.820. The van der Waals surface area contributed by atoms with Crippen LogP contribution in [0.25, 0.3) is 0 Å². The lowest BCUT2D eigenvalue weighted by molar-refractivity contribution is 0.0714. The number of aryl methyl sites for hydroxylation is 1. The molecule has 0 heterocycles. The lowest BCUT2D eigenvalue weighted by Gasteiger charge is -2.31. The third-order valence-electron chi connectivity index (χ3n) is 3.62. The monoisotopic (exact) mass is 220 g/mol. The van der Waals surface area contributed by atoms with Crippen LogP contribution in [0.4, 0.5) is 0 Å². The minimum absolute atomic E-state index is 0.213. The van der Waals surface area contributed by atoms with E-state index < -0.39 is 0 Å². The topological polar surface area (TPSA) is 40.5 Å². The molecule has 3 atom stereocenters. The van der Waals surface area contributed by atoms with Crippen molar-refractivity contribution in [2.75, 3.05) is 6.61 Å². The molecule has 3 unspecified atom stereocenters. The van der Waals surface area contributed by atoms with E-state index in [1.165, 1.54) is 5.56 Å². The largest absolute Gasteiger partial charge is 0.396 e. The minimum atomic E-state index is -0.348. The SMILES string of the molecule is CC(CO)CC1CCc2ccccc2C1O. The van der Waals surface area contributed by atoms with Gasteiger partial charge in [0.2, 0.25) is 0 Å². The molecule has 88 valence electrons. The van der Waals surface area contributed by atoms with E-state index in [-0.39, 0.29) is 18.6 Å². The van der Waals surface area contributed by atoms with Crippen molar-refractivity contribution < 1.29 is 10.2 Å². The Labute approximate surface area is 96.9 Å². The summed E-state index contributed by atoms with van der Waals surface area (Å²) in [5.41, 5.74) is 2.37. The van der Waals surface area contributed by atoms with Crippen LogP contribution in [0.5, 0.6) is 0 Å². The summed E-state index contributed by atoms with van der Waals surface area (Å²) in [5.74, 6) is 0.585. The molecule has 0 fully saturated rings. The second-order valence-corrected chi connectivity index (χ2v) is 4.97. The number of benzene rings is 1. The molecular weight excluding hydrogens is 200 g/mol. The van der Waals surface area contributed by atoms with Crippen molar-refractivity contribution >= 4 is 0 Å². The highest BCUT2D eigenvalue weighted by molar-refractivity contribution is 5.31. The van der Waals surface area contributed by atoms with Crippen molar-refractivity contribution in [1.29, 1.82) is 0 Å². The minimum Gasteiger partial charge on any atom is -0.396 e. The summed E-state index contributed by atoms with van der Waals surface area (Å²) in [6.07, 6.45) is 2.64. The first-order valence-corrected chi connectivity index (χ1v) is 6.09. The predicted molar refractivity (Wildman–Crippen MR) is 64.1 cm³/mol. The van der Waals surface area contributed by atoms with Gasteiger partial charge in [0.15, 0.2) is 0 Å². The Morgan fingerprint density at radius 1 is 1.38 bits per heavy atom. The zero-order chi connectivity index (χ0) is 11.5. The van der Waals surface area contributed by atoms with E-state index in [0.29, 0.717) is 5.92 Å². The highest BCUT2D eigenvalue weighted by Crippen LogP contribution is 2.37. The van der Waals surface area contributed by atoms with Gasteiger partial charge in [-0.2, -0.15) is 0 Å². The number of fused-ring (bicyclic) bond motifs is 1. The third-order valence-corrected chi connectivity index (χ3v) is 3.62. The van der Waals surface area contributed by atoms with Crippen molar-refractivity contribution in [2.24, 2.45) is 11.8 Å². The molecule has 0 aliphatic heterocycles. The maximum absolute atomic E-state index is 10.3. The molecule has 2 nitrogen and oxygen atoms in total. The molecule has 1 aromatic carbocycles. The van der Waals surface area contributed by atoms with Crippen molar-refractivity contribution in [3.63, 3.8) is 0 Å². The molecule has 2 heteroatoms. The number of hydrogen-bond acceptors (Lipinski definition) is 2. The van der Waals surface area contributed by atoms with Crippen LogP contribution in [-0.4, -0.2) is 16.8 Å². The lowest BCUT2D eigenvalue weighted by Crippen LogP contribution is -2.23. The molecule has 1 aromatic rings.